The van der Waals surface area contributed by atoms with E-state index in [-0.39, 0.29) is 0 Å². The van der Waals surface area contributed by atoms with Gasteiger partial charge in [-0.1, -0.05) is 31.8 Å². The first-order valence-corrected chi connectivity index (χ1v) is 11.1. The third kappa shape index (κ3) is 3.73. The van der Waals surface area contributed by atoms with Crippen molar-refractivity contribution in [2.24, 2.45) is 0 Å². The zero-order chi connectivity index (χ0) is 14.6. The number of hydrogen-bond donors (Lipinski definition) is 0. The zero-order valence-electron chi connectivity index (χ0n) is 12.4. The van der Waals surface area contributed by atoms with Gasteiger partial charge in [0.05, 0.1) is 15.2 Å². The van der Waals surface area contributed by atoms with Crippen LogP contribution in [0.4, 0.5) is 0 Å². The number of rotatable bonds is 4. The lowest BCUT2D eigenvalue weighted by Crippen LogP contribution is -2.22. The second kappa shape index (κ2) is 6.27. The number of benzene rings is 1. The first-order chi connectivity index (χ1) is 9.50. The summed E-state index contributed by atoms with van der Waals surface area (Å²) in [7, 11) is 0.244. The Labute approximate surface area is 126 Å². The summed E-state index contributed by atoms with van der Waals surface area (Å²) in [5, 5.41) is 5.57. The molecule has 0 saturated heterocycles. The van der Waals surface area contributed by atoms with Crippen LogP contribution in [0.15, 0.2) is 46.8 Å². The minimum atomic E-state index is -1.45. The molecule has 0 atom stereocenters. The van der Waals surface area contributed by atoms with Crippen molar-refractivity contribution in [3.05, 3.63) is 58.0 Å². The van der Waals surface area contributed by atoms with Crippen molar-refractivity contribution in [3.63, 3.8) is 0 Å². The summed E-state index contributed by atoms with van der Waals surface area (Å²) in [6.45, 7) is 7.04. The molecule has 2 rings (SSSR count). The highest BCUT2D eigenvalue weighted by Gasteiger charge is 2.20. The predicted octanol–water partition coefficient (Wildman–Crippen LogP) is 5.33. The number of ether oxygens (including phenoxy) is 1. The average Bonchev–Trinajstić information content (AvgIpc) is 2.91. The van der Waals surface area contributed by atoms with E-state index in [1.54, 1.807) is 18.4 Å². The Hall–Kier alpha value is -1.54. The molecule has 0 aliphatic carbocycles. The SMILES string of the molecule is COc1ccc(C(=C=Cc2ccsc2)[Si](C)(C)C)cc1. The fraction of sp³-hybridized carbons (Fsp3) is 0.235. The summed E-state index contributed by atoms with van der Waals surface area (Å²) >= 11 is 1.71. The maximum atomic E-state index is 5.23. The second-order valence-corrected chi connectivity index (χ2v) is 11.5. The normalized spacial score (nSPS) is 10.8. The van der Waals surface area contributed by atoms with Gasteiger partial charge in [0.1, 0.15) is 5.75 Å². The van der Waals surface area contributed by atoms with Crippen LogP contribution < -0.4 is 4.74 Å². The Morgan fingerprint density at radius 2 is 1.85 bits per heavy atom. The Bertz CT molecular complexity index is 612. The molecule has 104 valence electrons. The lowest BCUT2D eigenvalue weighted by molar-refractivity contribution is 0.415. The molecule has 3 heteroatoms. The van der Waals surface area contributed by atoms with Crippen molar-refractivity contribution in [1.82, 2.24) is 0 Å². The van der Waals surface area contributed by atoms with Gasteiger partial charge in [-0.15, -0.1) is 5.73 Å². The molecular weight excluding hydrogens is 280 g/mol. The Morgan fingerprint density at radius 3 is 2.35 bits per heavy atom. The molecule has 0 fully saturated rings. The Morgan fingerprint density at radius 1 is 1.15 bits per heavy atom. The smallest absolute Gasteiger partial charge is 0.118 e. The van der Waals surface area contributed by atoms with Crippen molar-refractivity contribution in [3.8, 4) is 5.75 Å². The lowest BCUT2D eigenvalue weighted by Gasteiger charge is -2.19. The Kier molecular flexibility index (Phi) is 4.66. The molecule has 0 radical (unpaired) electrons. The van der Waals surface area contributed by atoms with Crippen LogP contribution in [0.3, 0.4) is 0 Å². The van der Waals surface area contributed by atoms with Crippen LogP contribution >= 0.6 is 11.3 Å². The molecule has 0 aliphatic rings. The molecule has 0 spiro atoms. The minimum absolute atomic E-state index is 0.894. The molecule has 0 aliphatic heterocycles. The van der Waals surface area contributed by atoms with E-state index < -0.39 is 8.07 Å². The van der Waals surface area contributed by atoms with E-state index in [4.69, 9.17) is 4.74 Å². The van der Waals surface area contributed by atoms with E-state index >= 15 is 0 Å². The van der Waals surface area contributed by atoms with Gasteiger partial charge >= 0.3 is 0 Å². The van der Waals surface area contributed by atoms with Crippen molar-refractivity contribution in [2.45, 2.75) is 19.6 Å². The summed E-state index contributed by atoms with van der Waals surface area (Å²) in [5.74, 6) is 0.894. The highest BCUT2D eigenvalue weighted by atomic mass is 32.1. The molecule has 20 heavy (non-hydrogen) atoms. The largest absolute Gasteiger partial charge is 0.497 e. The van der Waals surface area contributed by atoms with E-state index in [2.05, 4.69) is 60.4 Å². The van der Waals surface area contributed by atoms with Crippen LogP contribution in [0.2, 0.25) is 19.6 Å². The number of methoxy groups -OCH3 is 1. The highest BCUT2D eigenvalue weighted by Crippen LogP contribution is 2.26. The van der Waals surface area contributed by atoms with Gasteiger partial charge in [-0.25, -0.2) is 0 Å². The zero-order valence-corrected chi connectivity index (χ0v) is 14.3. The van der Waals surface area contributed by atoms with Crippen molar-refractivity contribution in [1.29, 1.82) is 0 Å². The molecule has 1 aromatic heterocycles. The van der Waals surface area contributed by atoms with Gasteiger partial charge in [0.15, 0.2) is 0 Å². The topological polar surface area (TPSA) is 9.23 Å². The van der Waals surface area contributed by atoms with Crippen LogP contribution in [-0.4, -0.2) is 15.2 Å². The van der Waals surface area contributed by atoms with Gasteiger partial charge in [0.2, 0.25) is 0 Å². The molecule has 0 bridgehead atoms. The molecule has 2 aromatic rings. The van der Waals surface area contributed by atoms with Gasteiger partial charge in [-0.2, -0.15) is 11.3 Å². The summed E-state index contributed by atoms with van der Waals surface area (Å²) in [5.41, 5.74) is 6.00. The van der Waals surface area contributed by atoms with Crippen LogP contribution in [0.1, 0.15) is 11.1 Å². The van der Waals surface area contributed by atoms with E-state index in [9.17, 15) is 0 Å². The van der Waals surface area contributed by atoms with Crippen LogP contribution in [0.25, 0.3) is 11.3 Å². The van der Waals surface area contributed by atoms with Gasteiger partial charge in [-0.05, 0) is 51.4 Å². The Balaban J connectivity index is 2.45. The van der Waals surface area contributed by atoms with Crippen molar-refractivity contribution in [2.75, 3.05) is 7.11 Å². The van der Waals surface area contributed by atoms with Crippen LogP contribution in [0.5, 0.6) is 5.75 Å². The summed E-state index contributed by atoms with van der Waals surface area (Å²) in [4.78, 5) is 0. The molecule has 1 heterocycles. The average molecular weight is 300 g/mol. The standard InChI is InChI=1S/C17H20OSSi/c1-18-16-8-6-15(7-9-16)17(20(2,3)4)10-5-14-11-12-19-13-14/h5-9,11-13H,1-4H3. The second-order valence-electron chi connectivity index (χ2n) is 5.70. The van der Waals surface area contributed by atoms with E-state index in [1.165, 1.54) is 16.3 Å². The molecule has 1 aromatic carbocycles. The van der Waals surface area contributed by atoms with Crippen molar-refractivity contribution < 1.29 is 4.74 Å². The summed E-state index contributed by atoms with van der Waals surface area (Å²) in [6.07, 6.45) is 2.09. The molecule has 0 N–H and O–H groups in total. The van der Waals surface area contributed by atoms with E-state index in [0.717, 1.165) is 5.75 Å². The highest BCUT2D eigenvalue weighted by molar-refractivity contribution is 7.08. The summed E-state index contributed by atoms with van der Waals surface area (Å²) < 4.78 is 5.23. The fourth-order valence-corrected chi connectivity index (χ4v) is 4.16. The maximum absolute atomic E-state index is 5.23. The molecule has 1 nitrogen and oxygen atoms in total. The molecule has 0 amide bonds. The predicted molar refractivity (Wildman–Crippen MR) is 92.0 cm³/mol. The quantitative estimate of drug-likeness (QED) is 0.548. The van der Waals surface area contributed by atoms with Crippen LogP contribution in [-0.2, 0) is 0 Å². The van der Waals surface area contributed by atoms with Crippen LogP contribution in [0, 0.1) is 0 Å². The molecular formula is C17H20OSSi. The van der Waals surface area contributed by atoms with E-state index in [0.29, 0.717) is 0 Å². The molecule has 0 saturated carbocycles. The monoisotopic (exact) mass is 300 g/mol. The van der Waals surface area contributed by atoms with E-state index in [1.807, 2.05) is 12.1 Å². The van der Waals surface area contributed by atoms with Crippen molar-refractivity contribution >= 4 is 30.7 Å². The fourth-order valence-electron chi connectivity index (χ4n) is 2.00. The van der Waals surface area contributed by atoms with Gasteiger partial charge < -0.3 is 4.74 Å². The third-order valence-corrected chi connectivity index (χ3v) is 5.69. The molecule has 0 unspecified atom stereocenters. The first-order valence-electron chi connectivity index (χ1n) is 6.64. The number of hydrogen-bond acceptors (Lipinski definition) is 2. The van der Waals surface area contributed by atoms with Gasteiger partial charge in [0, 0.05) is 0 Å². The number of thiophene rings is 1. The minimum Gasteiger partial charge on any atom is -0.497 e. The first kappa shape index (κ1) is 14.9. The maximum Gasteiger partial charge on any atom is 0.118 e. The van der Waals surface area contributed by atoms with Gasteiger partial charge in [-0.3, -0.25) is 0 Å². The third-order valence-electron chi connectivity index (χ3n) is 3.06. The summed E-state index contributed by atoms with van der Waals surface area (Å²) in [6, 6.07) is 10.4. The lowest BCUT2D eigenvalue weighted by atomic mass is 10.2. The van der Waals surface area contributed by atoms with Gasteiger partial charge in [0.25, 0.3) is 0 Å².